The minimum atomic E-state index is 0.0655. The Morgan fingerprint density at radius 3 is 2.12 bits per heavy atom. The Bertz CT molecular complexity index is 291. The van der Waals surface area contributed by atoms with Crippen molar-refractivity contribution in [2.45, 2.75) is 26.3 Å². The van der Waals surface area contributed by atoms with Crippen molar-refractivity contribution in [1.29, 1.82) is 0 Å². The molecule has 0 saturated carbocycles. The van der Waals surface area contributed by atoms with Gasteiger partial charge < -0.3 is 16.4 Å². The third-order valence-corrected chi connectivity index (χ3v) is 2.93. The third-order valence-electron chi connectivity index (χ3n) is 2.93. The maximum absolute atomic E-state index is 6.00. The fraction of sp³-hybridized carbons (Fsp3) is 0.538. The second-order valence-electron chi connectivity index (χ2n) is 3.95. The van der Waals surface area contributed by atoms with Gasteiger partial charge in [-0.1, -0.05) is 12.1 Å². The molecule has 0 aliphatic carbocycles. The van der Waals surface area contributed by atoms with Crippen LogP contribution in [0.15, 0.2) is 24.3 Å². The summed E-state index contributed by atoms with van der Waals surface area (Å²) in [4.78, 5) is 2.32. The lowest BCUT2D eigenvalue weighted by Crippen LogP contribution is -2.22. The maximum Gasteiger partial charge on any atom is 0.0366 e. The zero-order valence-corrected chi connectivity index (χ0v) is 10.3. The van der Waals surface area contributed by atoms with Gasteiger partial charge in [0.25, 0.3) is 0 Å². The van der Waals surface area contributed by atoms with E-state index in [1.54, 1.807) is 0 Å². The lowest BCUT2D eigenvalue weighted by atomic mass is 10.0. The molecule has 0 amide bonds. The van der Waals surface area contributed by atoms with E-state index < -0.39 is 0 Å². The standard InChI is InChI=1S/C13H23N3/c1-3-16(4-2)12-7-5-11(6-8-12)13(15)9-10-14/h5-8,13H,3-4,9-10,14-15H2,1-2H3/t13-/m1/s1. The molecule has 0 unspecified atom stereocenters. The first-order valence-corrected chi connectivity index (χ1v) is 6.03. The Morgan fingerprint density at radius 1 is 1.12 bits per heavy atom. The molecule has 3 heteroatoms. The molecule has 0 spiro atoms. The van der Waals surface area contributed by atoms with Gasteiger partial charge in [-0.25, -0.2) is 0 Å². The predicted molar refractivity (Wildman–Crippen MR) is 70.6 cm³/mol. The summed E-state index contributed by atoms with van der Waals surface area (Å²) in [6.45, 7) is 7.03. The van der Waals surface area contributed by atoms with Gasteiger partial charge in [-0.15, -0.1) is 0 Å². The molecule has 0 fully saturated rings. The monoisotopic (exact) mass is 221 g/mol. The summed E-state index contributed by atoms with van der Waals surface area (Å²) in [7, 11) is 0. The van der Waals surface area contributed by atoms with Crippen LogP contribution in [0.5, 0.6) is 0 Å². The molecule has 3 nitrogen and oxygen atoms in total. The van der Waals surface area contributed by atoms with Crippen LogP contribution < -0.4 is 16.4 Å². The van der Waals surface area contributed by atoms with Gasteiger partial charge in [-0.2, -0.15) is 0 Å². The van der Waals surface area contributed by atoms with Crippen LogP contribution in [0.1, 0.15) is 31.9 Å². The van der Waals surface area contributed by atoms with Crippen molar-refractivity contribution in [3.63, 3.8) is 0 Å². The molecule has 1 aromatic rings. The number of hydrogen-bond donors (Lipinski definition) is 2. The fourth-order valence-electron chi connectivity index (χ4n) is 1.87. The van der Waals surface area contributed by atoms with E-state index in [4.69, 9.17) is 11.5 Å². The van der Waals surface area contributed by atoms with Gasteiger partial charge >= 0.3 is 0 Å². The molecular weight excluding hydrogens is 198 g/mol. The minimum absolute atomic E-state index is 0.0655. The van der Waals surface area contributed by atoms with Gasteiger partial charge in [-0.3, -0.25) is 0 Å². The Hall–Kier alpha value is -1.06. The molecular formula is C13H23N3. The third kappa shape index (κ3) is 3.22. The summed E-state index contributed by atoms with van der Waals surface area (Å²) in [6.07, 6.45) is 0.838. The molecule has 1 aromatic carbocycles. The molecule has 0 heterocycles. The summed E-state index contributed by atoms with van der Waals surface area (Å²) < 4.78 is 0. The molecule has 0 aromatic heterocycles. The van der Waals surface area contributed by atoms with E-state index in [9.17, 15) is 0 Å². The van der Waals surface area contributed by atoms with Crippen molar-refractivity contribution in [2.75, 3.05) is 24.5 Å². The van der Waals surface area contributed by atoms with Gasteiger partial charge in [0.15, 0.2) is 0 Å². The van der Waals surface area contributed by atoms with E-state index in [1.807, 2.05) is 0 Å². The topological polar surface area (TPSA) is 55.3 Å². The van der Waals surface area contributed by atoms with Crippen LogP contribution >= 0.6 is 0 Å². The quantitative estimate of drug-likeness (QED) is 0.771. The van der Waals surface area contributed by atoms with Crippen molar-refractivity contribution in [1.82, 2.24) is 0 Å². The number of benzene rings is 1. The molecule has 0 aliphatic heterocycles. The van der Waals surface area contributed by atoms with Crippen LogP contribution in [-0.4, -0.2) is 19.6 Å². The first-order valence-electron chi connectivity index (χ1n) is 6.03. The zero-order valence-electron chi connectivity index (χ0n) is 10.3. The molecule has 4 N–H and O–H groups in total. The highest BCUT2D eigenvalue weighted by Crippen LogP contribution is 2.19. The number of hydrogen-bond acceptors (Lipinski definition) is 3. The summed E-state index contributed by atoms with van der Waals surface area (Å²) in [5, 5.41) is 0. The van der Waals surface area contributed by atoms with Gasteiger partial charge in [0.05, 0.1) is 0 Å². The van der Waals surface area contributed by atoms with Crippen LogP contribution in [-0.2, 0) is 0 Å². The minimum Gasteiger partial charge on any atom is -0.372 e. The van der Waals surface area contributed by atoms with E-state index in [2.05, 4.69) is 43.0 Å². The van der Waals surface area contributed by atoms with Gasteiger partial charge in [-0.05, 0) is 44.5 Å². The molecule has 0 radical (unpaired) electrons. The van der Waals surface area contributed by atoms with Gasteiger partial charge in [0.2, 0.25) is 0 Å². The normalized spacial score (nSPS) is 12.5. The Labute approximate surface area is 98.4 Å². The summed E-state index contributed by atoms with van der Waals surface area (Å²) >= 11 is 0. The zero-order chi connectivity index (χ0) is 12.0. The van der Waals surface area contributed by atoms with E-state index in [-0.39, 0.29) is 6.04 Å². The molecule has 1 atom stereocenters. The lowest BCUT2D eigenvalue weighted by molar-refractivity contribution is 0.661. The number of nitrogens with zero attached hydrogens (tertiary/aromatic N) is 1. The molecule has 0 saturated heterocycles. The largest absolute Gasteiger partial charge is 0.372 e. The predicted octanol–water partition coefficient (Wildman–Crippen LogP) is 1.88. The molecule has 0 aliphatic rings. The average molecular weight is 221 g/mol. The highest BCUT2D eigenvalue weighted by Gasteiger charge is 2.06. The maximum atomic E-state index is 6.00. The first-order chi connectivity index (χ1) is 7.72. The van der Waals surface area contributed by atoms with E-state index in [0.717, 1.165) is 19.5 Å². The highest BCUT2D eigenvalue weighted by molar-refractivity contribution is 5.47. The molecule has 0 bridgehead atoms. The van der Waals surface area contributed by atoms with Crippen LogP contribution in [0, 0.1) is 0 Å². The highest BCUT2D eigenvalue weighted by atomic mass is 15.1. The first kappa shape index (κ1) is 13.0. The molecule has 1 rings (SSSR count). The van der Waals surface area contributed by atoms with Crippen LogP contribution in [0.4, 0.5) is 5.69 Å². The second-order valence-corrected chi connectivity index (χ2v) is 3.95. The van der Waals surface area contributed by atoms with Crippen molar-refractivity contribution in [2.24, 2.45) is 11.5 Å². The van der Waals surface area contributed by atoms with E-state index in [0.29, 0.717) is 6.54 Å². The summed E-state index contributed by atoms with van der Waals surface area (Å²) in [6, 6.07) is 8.55. The number of nitrogens with two attached hydrogens (primary N) is 2. The fourth-order valence-corrected chi connectivity index (χ4v) is 1.87. The Morgan fingerprint density at radius 2 is 1.69 bits per heavy atom. The van der Waals surface area contributed by atoms with Crippen LogP contribution in [0.3, 0.4) is 0 Å². The average Bonchev–Trinajstić information content (AvgIpc) is 2.32. The summed E-state index contributed by atoms with van der Waals surface area (Å²) in [5.74, 6) is 0. The smallest absolute Gasteiger partial charge is 0.0366 e. The van der Waals surface area contributed by atoms with Crippen LogP contribution in [0.25, 0.3) is 0 Å². The SMILES string of the molecule is CCN(CC)c1ccc([C@H](N)CCN)cc1. The van der Waals surface area contributed by atoms with Crippen molar-refractivity contribution < 1.29 is 0 Å². The van der Waals surface area contributed by atoms with E-state index >= 15 is 0 Å². The van der Waals surface area contributed by atoms with Crippen molar-refractivity contribution in [3.05, 3.63) is 29.8 Å². The van der Waals surface area contributed by atoms with E-state index in [1.165, 1.54) is 11.3 Å². The second kappa shape index (κ2) is 6.51. The Kier molecular flexibility index (Phi) is 5.29. The van der Waals surface area contributed by atoms with Gasteiger partial charge in [0, 0.05) is 24.8 Å². The number of anilines is 1. The Balaban J connectivity index is 2.74. The summed E-state index contributed by atoms with van der Waals surface area (Å²) in [5.41, 5.74) is 13.9. The van der Waals surface area contributed by atoms with Crippen molar-refractivity contribution >= 4 is 5.69 Å². The number of rotatable bonds is 6. The van der Waals surface area contributed by atoms with Crippen LogP contribution in [0.2, 0.25) is 0 Å². The molecule has 16 heavy (non-hydrogen) atoms. The van der Waals surface area contributed by atoms with Crippen molar-refractivity contribution in [3.8, 4) is 0 Å². The lowest BCUT2D eigenvalue weighted by Gasteiger charge is -2.21. The molecule has 90 valence electrons. The van der Waals surface area contributed by atoms with Gasteiger partial charge in [0.1, 0.15) is 0 Å².